The van der Waals surface area contributed by atoms with Crippen LogP contribution in [0.5, 0.6) is 0 Å². The normalized spacial score (nSPS) is 13.0. The molecule has 0 bridgehead atoms. The highest BCUT2D eigenvalue weighted by atomic mass is 16.7. The van der Waals surface area contributed by atoms with Crippen LogP contribution in [0.15, 0.2) is 60.9 Å². The minimum Gasteiger partial charge on any atom is -0.324 e. The molecule has 0 saturated heterocycles. The molecule has 0 unspecified atom stereocenters. The summed E-state index contributed by atoms with van der Waals surface area (Å²) in [5.74, 6) is -2.12. The molecule has 2 amide bonds. The summed E-state index contributed by atoms with van der Waals surface area (Å²) in [6.07, 6.45) is 3.19. The highest BCUT2D eigenvalue weighted by molar-refractivity contribution is 6.21. The Morgan fingerprint density at radius 1 is 0.962 bits per heavy atom. The number of amides is 2. The molecule has 1 aromatic heterocycles. The molecule has 0 fully saturated rings. The van der Waals surface area contributed by atoms with E-state index in [0.717, 1.165) is 0 Å². The lowest BCUT2D eigenvalue weighted by Gasteiger charge is -2.14. The van der Waals surface area contributed by atoms with Crippen molar-refractivity contribution in [2.75, 3.05) is 0 Å². The average molecular weight is 348 g/mol. The van der Waals surface area contributed by atoms with Crippen LogP contribution < -0.4 is 0 Å². The maximum absolute atomic E-state index is 12.6. The Bertz CT molecular complexity index is 979. The summed E-state index contributed by atoms with van der Waals surface area (Å²) in [4.78, 5) is 42.3. The number of nitrogens with zero attached hydrogens (tertiary/aromatic N) is 4. The van der Waals surface area contributed by atoms with Gasteiger partial charge in [0.25, 0.3) is 11.8 Å². The molecule has 0 aliphatic carbocycles. The number of hydrogen-bond donors (Lipinski definition) is 0. The highest BCUT2D eigenvalue weighted by Gasteiger charge is 2.39. The van der Waals surface area contributed by atoms with Crippen molar-refractivity contribution >= 4 is 17.8 Å². The van der Waals surface area contributed by atoms with Crippen molar-refractivity contribution in [3.63, 3.8) is 0 Å². The third-order valence-electron chi connectivity index (χ3n) is 3.97. The molecule has 3 aromatic rings. The zero-order valence-electron chi connectivity index (χ0n) is 13.4. The standard InChI is InChI=1S/C18H12N4O4/c23-16-14-7-3-4-8-15(14)17(24)22(16)26-18(25)13-6-2-1-5-12(13)11-21-10-9-19-20-21/h1-10H,11H2. The van der Waals surface area contributed by atoms with Crippen LogP contribution in [0.1, 0.15) is 36.6 Å². The van der Waals surface area contributed by atoms with Gasteiger partial charge in [-0.15, -0.1) is 5.10 Å². The second-order valence-electron chi connectivity index (χ2n) is 5.59. The predicted molar refractivity (Wildman–Crippen MR) is 87.9 cm³/mol. The summed E-state index contributed by atoms with van der Waals surface area (Å²) >= 11 is 0. The lowest BCUT2D eigenvalue weighted by molar-refractivity contribution is -0.0585. The zero-order chi connectivity index (χ0) is 18.1. The lowest BCUT2D eigenvalue weighted by atomic mass is 10.1. The first-order valence-corrected chi connectivity index (χ1v) is 7.77. The van der Waals surface area contributed by atoms with Crippen molar-refractivity contribution in [2.45, 2.75) is 6.54 Å². The average Bonchev–Trinajstić information content (AvgIpc) is 3.25. The van der Waals surface area contributed by atoms with E-state index in [-0.39, 0.29) is 16.7 Å². The number of hydroxylamine groups is 2. The summed E-state index contributed by atoms with van der Waals surface area (Å²) in [7, 11) is 0. The predicted octanol–water partition coefficient (Wildman–Crippen LogP) is 1.69. The quantitative estimate of drug-likeness (QED) is 0.666. The number of hydrogen-bond acceptors (Lipinski definition) is 6. The van der Waals surface area contributed by atoms with E-state index in [9.17, 15) is 14.4 Å². The monoisotopic (exact) mass is 348 g/mol. The minimum absolute atomic E-state index is 0.209. The van der Waals surface area contributed by atoms with E-state index in [1.807, 2.05) is 0 Å². The molecule has 128 valence electrons. The molecule has 8 nitrogen and oxygen atoms in total. The smallest absolute Gasteiger partial charge is 0.324 e. The fourth-order valence-electron chi connectivity index (χ4n) is 2.73. The van der Waals surface area contributed by atoms with Gasteiger partial charge < -0.3 is 4.84 Å². The summed E-state index contributed by atoms with van der Waals surface area (Å²) < 4.78 is 1.55. The number of carbonyl (C=O) groups excluding carboxylic acids is 3. The number of imide groups is 1. The molecule has 1 aliphatic heterocycles. The summed E-state index contributed by atoms with van der Waals surface area (Å²) in [6.45, 7) is 0.299. The van der Waals surface area contributed by atoms with Crippen molar-refractivity contribution in [3.8, 4) is 0 Å². The Morgan fingerprint density at radius 3 is 2.27 bits per heavy atom. The molecule has 0 spiro atoms. The summed E-state index contributed by atoms with van der Waals surface area (Å²) in [5, 5.41) is 8.08. The van der Waals surface area contributed by atoms with Crippen LogP contribution in [0.25, 0.3) is 0 Å². The molecule has 0 atom stereocenters. The van der Waals surface area contributed by atoms with Crippen LogP contribution >= 0.6 is 0 Å². The van der Waals surface area contributed by atoms with E-state index in [2.05, 4.69) is 10.3 Å². The van der Waals surface area contributed by atoms with Crippen LogP contribution in [0.2, 0.25) is 0 Å². The molecular formula is C18H12N4O4. The zero-order valence-corrected chi connectivity index (χ0v) is 13.4. The number of benzene rings is 2. The van der Waals surface area contributed by atoms with E-state index >= 15 is 0 Å². The molecule has 2 aromatic carbocycles. The Hall–Kier alpha value is -3.81. The first-order valence-electron chi connectivity index (χ1n) is 7.77. The maximum atomic E-state index is 12.6. The topological polar surface area (TPSA) is 94.4 Å². The third kappa shape index (κ3) is 2.63. The van der Waals surface area contributed by atoms with Gasteiger partial charge in [-0.2, -0.15) is 0 Å². The Balaban J connectivity index is 1.58. The van der Waals surface area contributed by atoms with Crippen LogP contribution in [-0.2, 0) is 11.4 Å². The van der Waals surface area contributed by atoms with Gasteiger partial charge in [-0.3, -0.25) is 9.59 Å². The van der Waals surface area contributed by atoms with E-state index in [1.165, 1.54) is 18.3 Å². The Kier molecular flexibility index (Phi) is 3.77. The Labute approximate surface area is 147 Å². The van der Waals surface area contributed by atoms with Gasteiger partial charge in [0.15, 0.2) is 0 Å². The van der Waals surface area contributed by atoms with E-state index in [1.54, 1.807) is 47.3 Å². The van der Waals surface area contributed by atoms with Crippen LogP contribution in [-0.4, -0.2) is 37.8 Å². The minimum atomic E-state index is -0.796. The van der Waals surface area contributed by atoms with Crippen molar-refractivity contribution in [1.29, 1.82) is 0 Å². The summed E-state index contributed by atoms with van der Waals surface area (Å²) in [5.41, 5.74) is 1.28. The van der Waals surface area contributed by atoms with Crippen molar-refractivity contribution < 1.29 is 19.2 Å². The van der Waals surface area contributed by atoms with Crippen molar-refractivity contribution in [3.05, 3.63) is 83.2 Å². The molecule has 0 radical (unpaired) electrons. The second-order valence-corrected chi connectivity index (χ2v) is 5.59. The van der Waals surface area contributed by atoms with E-state index in [4.69, 9.17) is 4.84 Å². The largest absolute Gasteiger partial charge is 0.364 e. The molecular weight excluding hydrogens is 336 g/mol. The van der Waals surface area contributed by atoms with Crippen molar-refractivity contribution in [1.82, 2.24) is 20.1 Å². The van der Waals surface area contributed by atoms with Crippen LogP contribution in [0.4, 0.5) is 0 Å². The van der Waals surface area contributed by atoms with Gasteiger partial charge in [-0.05, 0) is 23.8 Å². The molecule has 4 rings (SSSR count). The van der Waals surface area contributed by atoms with Crippen LogP contribution in [0.3, 0.4) is 0 Å². The molecule has 1 aliphatic rings. The van der Waals surface area contributed by atoms with Gasteiger partial charge in [0.05, 0.1) is 29.4 Å². The van der Waals surface area contributed by atoms with Gasteiger partial charge in [0, 0.05) is 6.20 Å². The molecule has 26 heavy (non-hydrogen) atoms. The maximum Gasteiger partial charge on any atom is 0.364 e. The van der Waals surface area contributed by atoms with Gasteiger partial charge in [0.2, 0.25) is 0 Å². The lowest BCUT2D eigenvalue weighted by Crippen LogP contribution is -2.33. The van der Waals surface area contributed by atoms with Gasteiger partial charge in [-0.25, -0.2) is 9.48 Å². The summed E-state index contributed by atoms with van der Waals surface area (Å²) in [6, 6.07) is 13.1. The van der Waals surface area contributed by atoms with Crippen LogP contribution in [0, 0.1) is 0 Å². The molecule has 2 heterocycles. The van der Waals surface area contributed by atoms with E-state index < -0.39 is 17.8 Å². The number of rotatable bonds is 4. The number of fused-ring (bicyclic) bond motifs is 1. The fourth-order valence-corrected chi connectivity index (χ4v) is 2.73. The molecule has 8 heteroatoms. The SMILES string of the molecule is O=C(ON1C(=O)c2ccccc2C1=O)c1ccccc1Cn1ccnn1. The highest BCUT2D eigenvalue weighted by Crippen LogP contribution is 2.24. The fraction of sp³-hybridized carbons (Fsp3) is 0.0556. The molecule has 0 saturated carbocycles. The van der Waals surface area contributed by atoms with Gasteiger partial charge >= 0.3 is 5.97 Å². The first kappa shape index (κ1) is 15.7. The number of aromatic nitrogens is 3. The van der Waals surface area contributed by atoms with Crippen molar-refractivity contribution in [2.24, 2.45) is 0 Å². The van der Waals surface area contributed by atoms with Gasteiger partial charge in [-0.1, -0.05) is 40.6 Å². The third-order valence-corrected chi connectivity index (χ3v) is 3.97. The first-order chi connectivity index (χ1) is 12.6. The number of carbonyl (C=O) groups is 3. The molecule has 0 N–H and O–H groups in total. The van der Waals surface area contributed by atoms with Gasteiger partial charge in [0.1, 0.15) is 0 Å². The Morgan fingerprint density at radius 2 is 1.62 bits per heavy atom. The van der Waals surface area contributed by atoms with E-state index in [0.29, 0.717) is 17.2 Å². The second kappa shape index (κ2) is 6.25.